The van der Waals surface area contributed by atoms with Crippen LogP contribution in [0, 0.1) is 15.4 Å². The van der Waals surface area contributed by atoms with E-state index in [0.717, 1.165) is 26.2 Å². The second-order valence-corrected chi connectivity index (χ2v) is 8.99. The van der Waals surface area contributed by atoms with Gasteiger partial charge in [-0.25, -0.2) is 0 Å². The smallest absolute Gasteiger partial charge is 0.101 e. The van der Waals surface area contributed by atoms with Crippen LogP contribution in [-0.4, -0.2) is 24.6 Å². The minimum Gasteiger partial charge on any atom is -0.370 e. The molecule has 2 bridgehead atoms. The molecule has 2 aliphatic rings. The summed E-state index contributed by atoms with van der Waals surface area (Å²) in [5.74, 6) is 1.16. The molecular weight excluding hydrogens is 433 g/mol. The Labute approximate surface area is 171 Å². The average Bonchev–Trinajstić information content (AvgIpc) is 2.63. The van der Waals surface area contributed by atoms with E-state index in [2.05, 4.69) is 89.0 Å². The molecule has 2 fully saturated rings. The summed E-state index contributed by atoms with van der Waals surface area (Å²) in [6, 6.07) is 19.9. The van der Waals surface area contributed by atoms with Crippen LogP contribution in [0.15, 0.2) is 54.6 Å². The van der Waals surface area contributed by atoms with Crippen molar-refractivity contribution in [2.45, 2.75) is 38.3 Å². The quantitative estimate of drug-likeness (QED) is 0.549. The third-order valence-corrected chi connectivity index (χ3v) is 6.85. The van der Waals surface area contributed by atoms with Gasteiger partial charge in [0, 0.05) is 41.6 Å². The van der Waals surface area contributed by atoms with Gasteiger partial charge in [0.05, 0.1) is 0 Å². The number of halogens is 1. The molecular formula is C23H28INO. The van der Waals surface area contributed by atoms with Gasteiger partial charge in [0.2, 0.25) is 0 Å². The molecule has 1 saturated carbocycles. The van der Waals surface area contributed by atoms with E-state index in [0.29, 0.717) is 11.8 Å². The molecule has 1 saturated heterocycles. The molecule has 2 aromatic carbocycles. The summed E-state index contributed by atoms with van der Waals surface area (Å²) < 4.78 is 7.96. The summed E-state index contributed by atoms with van der Waals surface area (Å²) in [6.07, 6.45) is 3.88. The summed E-state index contributed by atoms with van der Waals surface area (Å²) in [6.45, 7) is 6.27. The molecule has 1 heterocycles. The molecule has 4 rings (SSSR count). The highest BCUT2D eigenvalue weighted by molar-refractivity contribution is 14.1. The molecule has 26 heavy (non-hydrogen) atoms. The molecule has 0 amide bonds. The van der Waals surface area contributed by atoms with Gasteiger partial charge in [-0.05, 0) is 65.6 Å². The van der Waals surface area contributed by atoms with Gasteiger partial charge in [-0.2, -0.15) is 0 Å². The lowest BCUT2D eigenvalue weighted by atomic mass is 9.62. The van der Waals surface area contributed by atoms with Crippen molar-refractivity contribution in [3.05, 3.63) is 69.3 Å². The molecule has 2 aromatic rings. The van der Waals surface area contributed by atoms with Crippen LogP contribution in [-0.2, 0) is 16.9 Å². The highest BCUT2D eigenvalue weighted by Gasteiger charge is 2.53. The third kappa shape index (κ3) is 3.46. The van der Waals surface area contributed by atoms with Crippen molar-refractivity contribution in [1.82, 2.24) is 4.90 Å². The molecule has 2 nitrogen and oxygen atoms in total. The van der Waals surface area contributed by atoms with Crippen LogP contribution in [0.2, 0.25) is 0 Å². The Morgan fingerprint density at radius 2 is 1.77 bits per heavy atom. The van der Waals surface area contributed by atoms with E-state index in [1.807, 2.05) is 0 Å². The predicted octanol–water partition coefficient (Wildman–Crippen LogP) is 5.46. The van der Waals surface area contributed by atoms with Gasteiger partial charge >= 0.3 is 0 Å². The van der Waals surface area contributed by atoms with Gasteiger partial charge in [-0.15, -0.1) is 0 Å². The van der Waals surface area contributed by atoms with Crippen LogP contribution in [0.5, 0.6) is 0 Å². The Kier molecular flexibility index (Phi) is 5.67. The van der Waals surface area contributed by atoms with E-state index in [4.69, 9.17) is 4.74 Å². The number of rotatable bonds is 5. The third-order valence-electron chi connectivity index (χ3n) is 6.18. The highest BCUT2D eigenvalue weighted by Crippen LogP contribution is 2.52. The van der Waals surface area contributed by atoms with Crippen molar-refractivity contribution < 1.29 is 4.74 Å². The Hall–Kier alpha value is -0.910. The second-order valence-electron chi connectivity index (χ2n) is 7.74. The van der Waals surface area contributed by atoms with Gasteiger partial charge in [0.25, 0.3) is 0 Å². The molecule has 1 unspecified atom stereocenters. The van der Waals surface area contributed by atoms with Gasteiger partial charge in [-0.1, -0.05) is 48.9 Å². The van der Waals surface area contributed by atoms with Gasteiger partial charge < -0.3 is 4.74 Å². The minimum absolute atomic E-state index is 0.0959. The lowest BCUT2D eigenvalue weighted by Crippen LogP contribution is -2.59. The summed E-state index contributed by atoms with van der Waals surface area (Å²) in [5, 5.41) is 0. The van der Waals surface area contributed by atoms with Crippen LogP contribution in [0.25, 0.3) is 0 Å². The first-order chi connectivity index (χ1) is 12.7. The fourth-order valence-corrected chi connectivity index (χ4v) is 5.80. The first-order valence-corrected chi connectivity index (χ1v) is 11.0. The highest BCUT2D eigenvalue weighted by atomic mass is 127. The molecule has 3 atom stereocenters. The monoisotopic (exact) mass is 461 g/mol. The molecule has 0 radical (unpaired) electrons. The maximum atomic E-state index is 6.65. The zero-order valence-electron chi connectivity index (χ0n) is 15.5. The lowest BCUT2D eigenvalue weighted by molar-refractivity contribution is -0.184. The summed E-state index contributed by atoms with van der Waals surface area (Å²) >= 11 is 2.43. The Morgan fingerprint density at radius 3 is 2.42 bits per heavy atom. The Balaban J connectivity index is 1.64. The summed E-state index contributed by atoms with van der Waals surface area (Å²) in [7, 11) is 0. The number of nitrogens with zero attached hydrogens (tertiary/aromatic N) is 1. The van der Waals surface area contributed by atoms with Crippen LogP contribution in [0.1, 0.15) is 37.3 Å². The van der Waals surface area contributed by atoms with E-state index in [1.165, 1.54) is 34.0 Å². The summed E-state index contributed by atoms with van der Waals surface area (Å²) in [5.41, 5.74) is 2.73. The van der Waals surface area contributed by atoms with Crippen LogP contribution in [0.4, 0.5) is 0 Å². The first kappa shape index (κ1) is 18.5. The van der Waals surface area contributed by atoms with Crippen molar-refractivity contribution in [2.75, 3.05) is 19.7 Å². The molecule has 138 valence electrons. The van der Waals surface area contributed by atoms with Gasteiger partial charge in [-0.3, -0.25) is 4.90 Å². The first-order valence-electron chi connectivity index (χ1n) is 9.88. The minimum atomic E-state index is -0.0959. The zero-order chi connectivity index (χ0) is 18.0. The number of ether oxygens (including phenoxy) is 1. The van der Waals surface area contributed by atoms with E-state index in [1.54, 1.807) is 0 Å². The SMILES string of the molecule is CCO[C@]1(c2cccc(I)c2)C2CCC[C@H]1CN(Cc1ccccc1)C2. The topological polar surface area (TPSA) is 12.5 Å². The second kappa shape index (κ2) is 7.99. The fourth-order valence-electron chi connectivity index (χ4n) is 5.26. The number of hydrogen-bond donors (Lipinski definition) is 0. The molecule has 1 aliphatic carbocycles. The molecule has 0 aromatic heterocycles. The maximum absolute atomic E-state index is 6.65. The average molecular weight is 461 g/mol. The normalized spacial score (nSPS) is 28.8. The standard InChI is InChI=1S/C23H28INO/c1-2-26-23(19-10-7-13-22(24)14-19)20-11-6-12-21(23)17-25(16-20)15-18-8-4-3-5-9-18/h3-5,7-10,13-14,20-21H,2,6,11-12,15-17H2,1H3/t20-,21?,23-/m0/s1. The molecule has 3 heteroatoms. The number of piperidine rings is 1. The largest absolute Gasteiger partial charge is 0.370 e. The van der Waals surface area contributed by atoms with Gasteiger partial charge in [0.15, 0.2) is 0 Å². The van der Waals surface area contributed by atoms with E-state index in [-0.39, 0.29) is 5.60 Å². The molecule has 1 aliphatic heterocycles. The molecule has 0 N–H and O–H groups in total. The van der Waals surface area contributed by atoms with Crippen molar-refractivity contribution in [3.8, 4) is 0 Å². The van der Waals surface area contributed by atoms with Crippen LogP contribution >= 0.6 is 22.6 Å². The fraction of sp³-hybridized carbons (Fsp3) is 0.478. The van der Waals surface area contributed by atoms with E-state index < -0.39 is 0 Å². The number of fused-ring (bicyclic) bond motifs is 2. The Bertz CT molecular complexity index is 718. The predicted molar refractivity (Wildman–Crippen MR) is 115 cm³/mol. The van der Waals surface area contributed by atoms with E-state index in [9.17, 15) is 0 Å². The Morgan fingerprint density at radius 1 is 1.04 bits per heavy atom. The van der Waals surface area contributed by atoms with Crippen LogP contribution < -0.4 is 0 Å². The van der Waals surface area contributed by atoms with E-state index >= 15 is 0 Å². The maximum Gasteiger partial charge on any atom is 0.101 e. The zero-order valence-corrected chi connectivity index (χ0v) is 17.7. The summed E-state index contributed by atoms with van der Waals surface area (Å²) in [4.78, 5) is 2.66. The van der Waals surface area contributed by atoms with Crippen molar-refractivity contribution in [2.24, 2.45) is 11.8 Å². The van der Waals surface area contributed by atoms with Gasteiger partial charge in [0.1, 0.15) is 5.60 Å². The van der Waals surface area contributed by atoms with Crippen LogP contribution in [0.3, 0.4) is 0 Å². The number of likely N-dealkylation sites (tertiary alicyclic amines) is 1. The van der Waals surface area contributed by atoms with Crippen molar-refractivity contribution >= 4 is 22.6 Å². The number of hydrogen-bond acceptors (Lipinski definition) is 2. The van der Waals surface area contributed by atoms with Crippen molar-refractivity contribution in [3.63, 3.8) is 0 Å². The number of benzene rings is 2. The lowest BCUT2D eigenvalue weighted by Gasteiger charge is -2.56. The van der Waals surface area contributed by atoms with Crippen molar-refractivity contribution in [1.29, 1.82) is 0 Å². The molecule has 0 spiro atoms.